The zero-order chi connectivity index (χ0) is 14.3. The molecule has 1 atom stereocenters. The summed E-state index contributed by atoms with van der Waals surface area (Å²) in [7, 11) is 0. The molecule has 0 radical (unpaired) electrons. The minimum absolute atomic E-state index is 0.0986. The van der Waals surface area contributed by atoms with Gasteiger partial charge in [-0.1, -0.05) is 11.6 Å². The van der Waals surface area contributed by atoms with E-state index in [1.165, 1.54) is 11.3 Å². The second-order valence-electron chi connectivity index (χ2n) is 5.32. The lowest BCUT2D eigenvalue weighted by Gasteiger charge is -2.15. The highest BCUT2D eigenvalue weighted by atomic mass is 35.5. The van der Waals surface area contributed by atoms with E-state index < -0.39 is 5.97 Å². The summed E-state index contributed by atoms with van der Waals surface area (Å²) in [6, 6.07) is 0.433. The normalized spacial score (nSPS) is 22.4. The van der Waals surface area contributed by atoms with Crippen molar-refractivity contribution in [2.24, 2.45) is 5.92 Å². The zero-order valence-corrected chi connectivity index (χ0v) is 12.7. The molecule has 3 rings (SSSR count). The number of hydrogen-bond donors (Lipinski definition) is 0. The Balaban J connectivity index is 1.53. The zero-order valence-electron chi connectivity index (χ0n) is 11.1. The topological polar surface area (TPSA) is 59.5 Å². The molecule has 1 aromatic rings. The van der Waals surface area contributed by atoms with Crippen LogP contribution in [0.1, 0.15) is 34.6 Å². The third kappa shape index (κ3) is 2.81. The molecule has 20 heavy (non-hydrogen) atoms. The largest absolute Gasteiger partial charge is 0.461 e. The van der Waals surface area contributed by atoms with Crippen LogP contribution in [0.5, 0.6) is 0 Å². The van der Waals surface area contributed by atoms with Crippen LogP contribution in [-0.2, 0) is 9.53 Å². The van der Waals surface area contributed by atoms with Crippen LogP contribution in [0.4, 0.5) is 0 Å². The Labute approximate surface area is 125 Å². The summed E-state index contributed by atoms with van der Waals surface area (Å²) in [5.41, 5.74) is 0.281. The van der Waals surface area contributed by atoms with Crippen LogP contribution in [0.3, 0.4) is 0 Å². The van der Waals surface area contributed by atoms with E-state index in [-0.39, 0.29) is 24.1 Å². The average Bonchev–Trinajstić information content (AvgIpc) is 3.09. The molecule has 0 spiro atoms. The van der Waals surface area contributed by atoms with Gasteiger partial charge in [-0.05, 0) is 19.8 Å². The standard InChI is InChI=1S/C13H15ClN2O3S/c1-7-11(15-13(14)20-7)12(18)19-6-8-4-10(17)16(5-8)9-2-3-9/h8-9H,2-6H2,1H3. The summed E-state index contributed by atoms with van der Waals surface area (Å²) in [6.45, 7) is 2.75. The predicted molar refractivity (Wildman–Crippen MR) is 75.0 cm³/mol. The van der Waals surface area contributed by atoms with Gasteiger partial charge in [-0.15, -0.1) is 11.3 Å². The Morgan fingerprint density at radius 2 is 2.30 bits per heavy atom. The third-order valence-electron chi connectivity index (χ3n) is 3.64. The smallest absolute Gasteiger partial charge is 0.358 e. The monoisotopic (exact) mass is 314 g/mol. The van der Waals surface area contributed by atoms with Gasteiger partial charge in [0.15, 0.2) is 10.2 Å². The number of esters is 1. The Hall–Kier alpha value is -1.14. The number of carbonyl (C=O) groups is 2. The number of rotatable bonds is 4. The first kappa shape index (κ1) is 13.8. The van der Waals surface area contributed by atoms with Crippen molar-refractivity contribution in [3.05, 3.63) is 15.0 Å². The molecule has 1 amide bonds. The van der Waals surface area contributed by atoms with Gasteiger partial charge in [-0.3, -0.25) is 4.79 Å². The van der Waals surface area contributed by atoms with Gasteiger partial charge in [0.2, 0.25) is 5.91 Å². The highest BCUT2D eigenvalue weighted by Crippen LogP contribution is 2.32. The Morgan fingerprint density at radius 1 is 1.55 bits per heavy atom. The van der Waals surface area contributed by atoms with Crippen molar-refractivity contribution in [1.29, 1.82) is 0 Å². The Morgan fingerprint density at radius 3 is 2.90 bits per heavy atom. The number of likely N-dealkylation sites (tertiary alicyclic amines) is 1. The van der Waals surface area contributed by atoms with Crippen LogP contribution in [0.2, 0.25) is 4.47 Å². The number of ether oxygens (including phenoxy) is 1. The first-order valence-electron chi connectivity index (χ1n) is 6.64. The van der Waals surface area contributed by atoms with E-state index in [0.717, 1.165) is 17.7 Å². The number of nitrogens with zero attached hydrogens (tertiary/aromatic N) is 2. The molecule has 1 aliphatic heterocycles. The van der Waals surface area contributed by atoms with E-state index >= 15 is 0 Å². The summed E-state index contributed by atoms with van der Waals surface area (Å²) >= 11 is 7.03. The maximum atomic E-state index is 11.9. The van der Waals surface area contributed by atoms with E-state index in [2.05, 4.69) is 4.98 Å². The first-order chi connectivity index (χ1) is 9.54. The van der Waals surface area contributed by atoms with Crippen molar-refractivity contribution in [3.8, 4) is 0 Å². The molecule has 1 aliphatic carbocycles. The van der Waals surface area contributed by atoms with Crippen molar-refractivity contribution in [1.82, 2.24) is 9.88 Å². The van der Waals surface area contributed by atoms with Gasteiger partial charge in [-0.25, -0.2) is 9.78 Å². The van der Waals surface area contributed by atoms with Crippen LogP contribution >= 0.6 is 22.9 Å². The van der Waals surface area contributed by atoms with Crippen LogP contribution in [0, 0.1) is 12.8 Å². The van der Waals surface area contributed by atoms with Crippen LogP contribution in [0.25, 0.3) is 0 Å². The summed E-state index contributed by atoms with van der Waals surface area (Å²) in [4.78, 5) is 30.3. The van der Waals surface area contributed by atoms with E-state index in [1.54, 1.807) is 6.92 Å². The Kier molecular flexibility index (Phi) is 3.69. The summed E-state index contributed by atoms with van der Waals surface area (Å²) < 4.78 is 5.61. The van der Waals surface area contributed by atoms with E-state index in [0.29, 0.717) is 23.5 Å². The van der Waals surface area contributed by atoms with E-state index in [9.17, 15) is 9.59 Å². The molecule has 1 aromatic heterocycles. The maximum Gasteiger partial charge on any atom is 0.358 e. The molecule has 2 heterocycles. The van der Waals surface area contributed by atoms with E-state index in [4.69, 9.17) is 16.3 Å². The number of halogens is 1. The molecule has 1 saturated heterocycles. The van der Waals surface area contributed by atoms with Crippen LogP contribution in [-0.4, -0.2) is 41.0 Å². The molecule has 0 aromatic carbocycles. The number of carbonyl (C=O) groups excluding carboxylic acids is 2. The molecule has 2 fully saturated rings. The number of thiazole rings is 1. The van der Waals surface area contributed by atoms with Crippen LogP contribution < -0.4 is 0 Å². The second kappa shape index (κ2) is 5.33. The molecular weight excluding hydrogens is 300 g/mol. The van der Waals surface area contributed by atoms with Gasteiger partial charge in [0.05, 0.1) is 6.61 Å². The van der Waals surface area contributed by atoms with Crippen molar-refractivity contribution in [3.63, 3.8) is 0 Å². The van der Waals surface area contributed by atoms with Gasteiger partial charge >= 0.3 is 5.97 Å². The van der Waals surface area contributed by atoms with Crippen molar-refractivity contribution in [2.75, 3.05) is 13.2 Å². The van der Waals surface area contributed by atoms with Crippen molar-refractivity contribution in [2.45, 2.75) is 32.2 Å². The molecular formula is C13H15ClN2O3S. The number of aryl methyl sites for hydroxylation is 1. The van der Waals surface area contributed by atoms with Crippen molar-refractivity contribution < 1.29 is 14.3 Å². The molecule has 0 bridgehead atoms. The van der Waals surface area contributed by atoms with Gasteiger partial charge < -0.3 is 9.64 Å². The SMILES string of the molecule is Cc1sc(Cl)nc1C(=O)OCC1CC(=O)N(C2CC2)C1. The highest BCUT2D eigenvalue weighted by Gasteiger charge is 2.39. The summed E-state index contributed by atoms with van der Waals surface area (Å²) in [6.07, 6.45) is 2.68. The highest BCUT2D eigenvalue weighted by molar-refractivity contribution is 7.15. The molecule has 1 saturated carbocycles. The van der Waals surface area contributed by atoms with Gasteiger partial charge in [0.1, 0.15) is 0 Å². The molecule has 108 valence electrons. The molecule has 0 N–H and O–H groups in total. The summed E-state index contributed by atoms with van der Waals surface area (Å²) in [5, 5.41) is 0. The average molecular weight is 315 g/mol. The molecule has 5 nitrogen and oxygen atoms in total. The van der Waals surface area contributed by atoms with Gasteiger partial charge in [0, 0.05) is 29.8 Å². The molecule has 7 heteroatoms. The number of amides is 1. The predicted octanol–water partition coefficient (Wildman–Crippen LogP) is 2.27. The Bertz CT molecular complexity index is 556. The van der Waals surface area contributed by atoms with Crippen LogP contribution in [0.15, 0.2) is 0 Å². The molecule has 2 aliphatic rings. The number of aromatic nitrogens is 1. The lowest BCUT2D eigenvalue weighted by molar-refractivity contribution is -0.128. The minimum atomic E-state index is -0.456. The molecule has 1 unspecified atom stereocenters. The summed E-state index contributed by atoms with van der Waals surface area (Å²) in [5.74, 6) is -0.175. The fraction of sp³-hybridized carbons (Fsp3) is 0.615. The van der Waals surface area contributed by atoms with Crippen molar-refractivity contribution >= 4 is 34.8 Å². The quantitative estimate of drug-likeness (QED) is 0.800. The lowest BCUT2D eigenvalue weighted by atomic mass is 10.1. The fourth-order valence-electron chi connectivity index (χ4n) is 2.47. The maximum absolute atomic E-state index is 11.9. The van der Waals surface area contributed by atoms with Gasteiger partial charge in [0.25, 0.3) is 0 Å². The third-order valence-corrected chi connectivity index (χ3v) is 4.72. The number of hydrogen-bond acceptors (Lipinski definition) is 5. The minimum Gasteiger partial charge on any atom is -0.461 e. The lowest BCUT2D eigenvalue weighted by Crippen LogP contribution is -2.28. The fourth-order valence-corrected chi connectivity index (χ4v) is 3.52. The second-order valence-corrected chi connectivity index (χ2v) is 7.10. The van der Waals surface area contributed by atoms with Gasteiger partial charge in [-0.2, -0.15) is 0 Å². The van der Waals surface area contributed by atoms with E-state index in [1.807, 2.05) is 4.90 Å². The first-order valence-corrected chi connectivity index (χ1v) is 7.83.